The number of rotatable bonds is 5. The fourth-order valence-corrected chi connectivity index (χ4v) is 4.04. The minimum atomic E-state index is -0.761. The van der Waals surface area contributed by atoms with Gasteiger partial charge in [-0.2, -0.15) is 5.10 Å². The molecule has 1 aliphatic rings. The predicted molar refractivity (Wildman–Crippen MR) is 115 cm³/mol. The highest BCUT2D eigenvalue weighted by molar-refractivity contribution is 5.99. The smallest absolute Gasteiger partial charge is 0.252 e. The van der Waals surface area contributed by atoms with Crippen molar-refractivity contribution in [3.8, 4) is 0 Å². The van der Waals surface area contributed by atoms with Crippen molar-refractivity contribution in [2.75, 3.05) is 10.6 Å². The summed E-state index contributed by atoms with van der Waals surface area (Å²) in [5, 5.41) is 11.6. The predicted octanol–water partition coefficient (Wildman–Crippen LogP) is 2.94. The summed E-state index contributed by atoms with van der Waals surface area (Å²) < 4.78 is 16.5. The Balaban J connectivity index is 1.68. The van der Waals surface area contributed by atoms with E-state index in [0.29, 0.717) is 5.69 Å². The molecule has 1 aromatic carbocycles. The van der Waals surface area contributed by atoms with Gasteiger partial charge < -0.3 is 22.1 Å². The van der Waals surface area contributed by atoms with E-state index in [1.54, 1.807) is 4.68 Å². The lowest BCUT2D eigenvalue weighted by Crippen LogP contribution is -2.43. The number of aryl methyl sites for hydroxylation is 2. The molecular formula is C21H26FN7O. The van der Waals surface area contributed by atoms with E-state index < -0.39 is 11.7 Å². The molecule has 0 radical (unpaired) electrons. The average Bonchev–Trinajstić information content (AvgIpc) is 2.99. The molecule has 2 aromatic heterocycles. The molecule has 9 heteroatoms. The number of primary amides is 1. The number of fused-ring (bicyclic) bond motifs is 1. The Hall–Kier alpha value is -3.20. The number of carbonyl (C=O) groups excluding carboxylic acids is 1. The molecule has 2 unspecified atom stereocenters. The van der Waals surface area contributed by atoms with Gasteiger partial charge in [0.05, 0.1) is 16.8 Å². The van der Waals surface area contributed by atoms with E-state index in [4.69, 9.17) is 11.5 Å². The molecule has 3 aromatic rings. The van der Waals surface area contributed by atoms with Crippen molar-refractivity contribution in [1.29, 1.82) is 0 Å². The molecule has 30 heavy (non-hydrogen) atoms. The molecule has 6 N–H and O–H groups in total. The van der Waals surface area contributed by atoms with Gasteiger partial charge in [0, 0.05) is 30.2 Å². The Bertz CT molecular complexity index is 1110. The monoisotopic (exact) mass is 411 g/mol. The Morgan fingerprint density at radius 3 is 2.73 bits per heavy atom. The number of halogens is 1. The molecule has 1 aliphatic carbocycles. The van der Waals surface area contributed by atoms with Gasteiger partial charge in [-0.05, 0) is 44.0 Å². The Morgan fingerprint density at radius 2 is 2.00 bits per heavy atom. The van der Waals surface area contributed by atoms with Gasteiger partial charge in [0.25, 0.3) is 5.91 Å². The van der Waals surface area contributed by atoms with Crippen LogP contribution in [-0.4, -0.2) is 32.8 Å². The Morgan fingerprint density at radius 1 is 1.23 bits per heavy atom. The van der Waals surface area contributed by atoms with Crippen molar-refractivity contribution in [2.45, 2.75) is 44.7 Å². The van der Waals surface area contributed by atoms with E-state index >= 15 is 0 Å². The van der Waals surface area contributed by atoms with Crippen LogP contribution in [0.5, 0.6) is 0 Å². The van der Waals surface area contributed by atoms with Gasteiger partial charge in [0.2, 0.25) is 0 Å². The number of pyridine rings is 1. The number of amides is 1. The fraction of sp³-hybridized carbons (Fsp3) is 0.381. The van der Waals surface area contributed by atoms with E-state index in [1.807, 2.05) is 32.2 Å². The van der Waals surface area contributed by atoms with Crippen molar-refractivity contribution in [3.05, 3.63) is 41.3 Å². The number of hydrogen-bond donors (Lipinski definition) is 4. The van der Waals surface area contributed by atoms with Gasteiger partial charge in [-0.3, -0.25) is 9.48 Å². The second kappa shape index (κ2) is 7.91. The van der Waals surface area contributed by atoms with Crippen molar-refractivity contribution in [1.82, 2.24) is 14.8 Å². The van der Waals surface area contributed by atoms with Gasteiger partial charge >= 0.3 is 0 Å². The van der Waals surface area contributed by atoms with Crippen LogP contribution in [0.3, 0.4) is 0 Å². The number of carbonyl (C=O) groups is 1. The maximum Gasteiger partial charge on any atom is 0.252 e. The van der Waals surface area contributed by atoms with Gasteiger partial charge in [-0.1, -0.05) is 12.8 Å². The minimum absolute atomic E-state index is 0.0194. The molecule has 2 atom stereocenters. The second-order valence-corrected chi connectivity index (χ2v) is 7.84. The summed E-state index contributed by atoms with van der Waals surface area (Å²) in [5.74, 6) is -1.14. The molecule has 1 saturated carbocycles. The molecule has 0 saturated heterocycles. The first-order valence-electron chi connectivity index (χ1n) is 10.1. The van der Waals surface area contributed by atoms with Crippen molar-refractivity contribution < 1.29 is 9.18 Å². The molecule has 1 amide bonds. The quantitative estimate of drug-likeness (QED) is 0.512. The van der Waals surface area contributed by atoms with Crippen molar-refractivity contribution in [3.63, 3.8) is 0 Å². The zero-order chi connectivity index (χ0) is 21.4. The van der Waals surface area contributed by atoms with E-state index in [1.165, 1.54) is 0 Å². The minimum Gasteiger partial charge on any atom is -0.365 e. The van der Waals surface area contributed by atoms with Crippen LogP contribution in [0.25, 0.3) is 10.9 Å². The summed E-state index contributed by atoms with van der Waals surface area (Å²) >= 11 is 0. The number of nitrogens with zero attached hydrogens (tertiary/aromatic N) is 3. The zero-order valence-electron chi connectivity index (χ0n) is 17.1. The fourth-order valence-electron chi connectivity index (χ4n) is 4.04. The lowest BCUT2D eigenvalue weighted by atomic mass is 9.91. The highest BCUT2D eigenvalue weighted by Gasteiger charge is 2.24. The van der Waals surface area contributed by atoms with Gasteiger partial charge in [0.15, 0.2) is 11.6 Å². The molecule has 8 nitrogen and oxygen atoms in total. The third-order valence-corrected chi connectivity index (χ3v) is 5.68. The highest BCUT2D eigenvalue weighted by atomic mass is 19.1. The molecule has 1 fully saturated rings. The topological polar surface area (TPSA) is 124 Å². The van der Waals surface area contributed by atoms with E-state index in [-0.39, 0.29) is 29.3 Å². The highest BCUT2D eigenvalue weighted by Crippen LogP contribution is 2.28. The van der Waals surface area contributed by atoms with Crippen LogP contribution >= 0.6 is 0 Å². The normalized spacial score (nSPS) is 19.1. The van der Waals surface area contributed by atoms with Crippen LogP contribution < -0.4 is 22.1 Å². The van der Waals surface area contributed by atoms with Crippen molar-refractivity contribution in [2.24, 2.45) is 18.5 Å². The summed E-state index contributed by atoms with van der Waals surface area (Å²) in [7, 11) is 1.88. The molecule has 2 heterocycles. The molecule has 4 rings (SSSR count). The standard InChI is InChI=1S/C21H26FN7O/c1-11-13-9-12(7-8-18(13)29(2)28-11)25-20-14(19(24)30)10-15(22)21(27-20)26-17-6-4-3-5-16(17)23/h7-10,16-17H,3-6,23H2,1-2H3,(H2,24,30)(H2,25,26,27). The number of nitrogens with one attached hydrogen (secondary N) is 2. The maximum absolute atomic E-state index is 14.7. The largest absolute Gasteiger partial charge is 0.365 e. The molecule has 0 aliphatic heterocycles. The van der Waals surface area contributed by atoms with Gasteiger partial charge in [-0.25, -0.2) is 9.37 Å². The Labute approximate surface area is 173 Å². The first-order valence-corrected chi connectivity index (χ1v) is 10.1. The van der Waals surface area contributed by atoms with E-state index in [9.17, 15) is 9.18 Å². The SMILES string of the molecule is Cc1nn(C)c2ccc(Nc3nc(NC4CCCCC4N)c(F)cc3C(N)=O)cc12. The summed E-state index contributed by atoms with van der Waals surface area (Å²) in [4.78, 5) is 16.3. The van der Waals surface area contributed by atoms with Gasteiger partial charge in [0.1, 0.15) is 5.82 Å². The number of benzene rings is 1. The Kier molecular flexibility index (Phi) is 5.29. The second-order valence-electron chi connectivity index (χ2n) is 7.84. The third-order valence-electron chi connectivity index (χ3n) is 5.68. The molecular weight excluding hydrogens is 385 g/mol. The van der Waals surface area contributed by atoms with Crippen LogP contribution in [0.1, 0.15) is 41.7 Å². The zero-order valence-corrected chi connectivity index (χ0v) is 17.1. The number of anilines is 3. The van der Waals surface area contributed by atoms with Crippen LogP contribution in [0, 0.1) is 12.7 Å². The van der Waals surface area contributed by atoms with Crippen molar-refractivity contribution >= 4 is 34.1 Å². The lowest BCUT2D eigenvalue weighted by Gasteiger charge is -2.30. The van der Waals surface area contributed by atoms with Crippen LogP contribution in [0.4, 0.5) is 21.7 Å². The summed E-state index contributed by atoms with van der Waals surface area (Å²) in [6.45, 7) is 1.92. The maximum atomic E-state index is 14.7. The van der Waals surface area contributed by atoms with E-state index in [0.717, 1.165) is 48.3 Å². The summed E-state index contributed by atoms with van der Waals surface area (Å²) in [6.07, 6.45) is 3.83. The first kappa shape index (κ1) is 20.1. The lowest BCUT2D eigenvalue weighted by molar-refractivity contribution is 0.100. The molecule has 0 bridgehead atoms. The van der Waals surface area contributed by atoms with Crippen LogP contribution in [0.2, 0.25) is 0 Å². The number of hydrogen-bond acceptors (Lipinski definition) is 6. The average molecular weight is 411 g/mol. The van der Waals surface area contributed by atoms with Crippen LogP contribution in [-0.2, 0) is 7.05 Å². The summed E-state index contributed by atoms with van der Waals surface area (Å²) in [5.41, 5.74) is 14.2. The third kappa shape index (κ3) is 3.80. The van der Waals surface area contributed by atoms with Gasteiger partial charge in [-0.15, -0.1) is 0 Å². The summed E-state index contributed by atoms with van der Waals surface area (Å²) in [6, 6.07) is 6.67. The number of nitrogens with two attached hydrogens (primary N) is 2. The first-order chi connectivity index (χ1) is 14.3. The number of aromatic nitrogens is 3. The molecule has 0 spiro atoms. The van der Waals surface area contributed by atoms with E-state index in [2.05, 4.69) is 20.7 Å². The molecule has 158 valence electrons. The van der Waals surface area contributed by atoms with Crippen LogP contribution in [0.15, 0.2) is 24.3 Å².